The number of alkyl halides is 1. The Balaban J connectivity index is 3.99. The highest BCUT2D eigenvalue weighted by Crippen LogP contribution is 2.23. The van der Waals surface area contributed by atoms with Crippen molar-refractivity contribution in [3.8, 4) is 0 Å². The van der Waals surface area contributed by atoms with Crippen molar-refractivity contribution >= 4 is 5.97 Å². The number of methoxy groups -OCH3 is 1. The highest BCUT2D eigenvalue weighted by molar-refractivity contribution is 5.74. The molecule has 0 bridgehead atoms. The lowest BCUT2D eigenvalue weighted by Crippen LogP contribution is -2.26. The van der Waals surface area contributed by atoms with Gasteiger partial charge in [0.05, 0.1) is 7.11 Å². The van der Waals surface area contributed by atoms with Crippen molar-refractivity contribution in [2.45, 2.75) is 65.0 Å². The van der Waals surface area contributed by atoms with E-state index in [0.717, 1.165) is 32.1 Å². The van der Waals surface area contributed by atoms with Crippen molar-refractivity contribution in [3.63, 3.8) is 0 Å². The van der Waals surface area contributed by atoms with Crippen LogP contribution in [0.3, 0.4) is 0 Å². The van der Waals surface area contributed by atoms with E-state index < -0.39 is 12.1 Å². The van der Waals surface area contributed by atoms with Gasteiger partial charge in [-0.15, -0.1) is 0 Å². The van der Waals surface area contributed by atoms with Gasteiger partial charge in [0.2, 0.25) is 0 Å². The van der Waals surface area contributed by atoms with E-state index in [-0.39, 0.29) is 5.92 Å². The summed E-state index contributed by atoms with van der Waals surface area (Å²) >= 11 is 0. The smallest absolute Gasteiger partial charge is 0.340 e. The number of hydrogen-bond acceptors (Lipinski definition) is 2. The minimum atomic E-state index is -1.44. The molecule has 0 aromatic rings. The summed E-state index contributed by atoms with van der Waals surface area (Å²) in [6, 6.07) is 0. The van der Waals surface area contributed by atoms with Gasteiger partial charge in [-0.2, -0.15) is 0 Å². The first-order valence-corrected chi connectivity index (χ1v) is 6.39. The predicted molar refractivity (Wildman–Crippen MR) is 64.1 cm³/mol. The monoisotopic (exact) mass is 232 g/mol. The Kier molecular flexibility index (Phi) is 9.25. The van der Waals surface area contributed by atoms with E-state index in [1.54, 1.807) is 0 Å². The molecule has 0 aromatic carbocycles. The molecular formula is C13H25FO2. The molecule has 0 aliphatic rings. The van der Waals surface area contributed by atoms with Crippen LogP contribution in [0.1, 0.15) is 58.8 Å². The van der Waals surface area contributed by atoms with Crippen LogP contribution in [-0.4, -0.2) is 19.3 Å². The Morgan fingerprint density at radius 1 is 1.12 bits per heavy atom. The topological polar surface area (TPSA) is 26.3 Å². The van der Waals surface area contributed by atoms with Gasteiger partial charge in [-0.05, 0) is 12.8 Å². The van der Waals surface area contributed by atoms with E-state index in [9.17, 15) is 9.18 Å². The van der Waals surface area contributed by atoms with Crippen molar-refractivity contribution in [1.29, 1.82) is 0 Å². The van der Waals surface area contributed by atoms with E-state index >= 15 is 0 Å². The number of unbranched alkanes of at least 4 members (excludes halogenated alkanes) is 3. The standard InChI is InChI=1S/C13H25FO2/c1-4-6-7-8-10-11(9-5-2)12(14)13(15)16-3/h11-12H,4-10H2,1-3H3. The van der Waals surface area contributed by atoms with Gasteiger partial charge in [0.25, 0.3) is 0 Å². The number of ether oxygens (including phenoxy) is 1. The normalized spacial score (nSPS) is 14.5. The molecule has 0 aliphatic heterocycles. The number of hydrogen-bond donors (Lipinski definition) is 0. The van der Waals surface area contributed by atoms with Crippen LogP contribution < -0.4 is 0 Å². The van der Waals surface area contributed by atoms with E-state index in [4.69, 9.17) is 0 Å². The minimum absolute atomic E-state index is 0.158. The lowest BCUT2D eigenvalue weighted by molar-refractivity contribution is -0.148. The van der Waals surface area contributed by atoms with Crippen molar-refractivity contribution < 1.29 is 13.9 Å². The van der Waals surface area contributed by atoms with Crippen molar-refractivity contribution in [2.75, 3.05) is 7.11 Å². The van der Waals surface area contributed by atoms with Crippen molar-refractivity contribution in [2.24, 2.45) is 5.92 Å². The maximum Gasteiger partial charge on any atom is 0.340 e. The summed E-state index contributed by atoms with van der Waals surface area (Å²) in [5, 5.41) is 0. The lowest BCUT2D eigenvalue weighted by atomic mass is 9.92. The zero-order chi connectivity index (χ0) is 12.4. The summed E-state index contributed by atoms with van der Waals surface area (Å²) in [7, 11) is 1.25. The van der Waals surface area contributed by atoms with Gasteiger partial charge in [0.1, 0.15) is 0 Å². The van der Waals surface area contributed by atoms with Crippen LogP contribution in [0.25, 0.3) is 0 Å². The highest BCUT2D eigenvalue weighted by Gasteiger charge is 2.27. The molecular weight excluding hydrogens is 207 g/mol. The van der Waals surface area contributed by atoms with Crippen molar-refractivity contribution in [3.05, 3.63) is 0 Å². The van der Waals surface area contributed by atoms with Crippen molar-refractivity contribution in [1.82, 2.24) is 0 Å². The van der Waals surface area contributed by atoms with Crippen LogP contribution in [-0.2, 0) is 9.53 Å². The molecule has 16 heavy (non-hydrogen) atoms. The molecule has 2 atom stereocenters. The quantitative estimate of drug-likeness (QED) is 0.445. The first-order valence-electron chi connectivity index (χ1n) is 6.39. The fraction of sp³-hybridized carbons (Fsp3) is 0.923. The van der Waals surface area contributed by atoms with Crippen LogP contribution in [0.15, 0.2) is 0 Å². The molecule has 0 aliphatic carbocycles. The Bertz CT molecular complexity index is 183. The fourth-order valence-electron chi connectivity index (χ4n) is 1.95. The third kappa shape index (κ3) is 6.09. The summed E-state index contributed by atoms with van der Waals surface area (Å²) in [5.41, 5.74) is 0. The number of rotatable bonds is 9. The summed E-state index contributed by atoms with van der Waals surface area (Å²) < 4.78 is 18.1. The summed E-state index contributed by atoms with van der Waals surface area (Å²) in [4.78, 5) is 11.1. The molecule has 0 heterocycles. The molecule has 0 saturated heterocycles. The van der Waals surface area contributed by atoms with E-state index in [1.807, 2.05) is 6.92 Å². The van der Waals surface area contributed by atoms with Gasteiger partial charge in [0, 0.05) is 5.92 Å². The molecule has 0 N–H and O–H groups in total. The maximum absolute atomic E-state index is 13.7. The average Bonchev–Trinajstić information content (AvgIpc) is 2.31. The maximum atomic E-state index is 13.7. The average molecular weight is 232 g/mol. The first kappa shape index (κ1) is 15.4. The molecule has 0 aromatic heterocycles. The Labute approximate surface area is 98.6 Å². The Morgan fingerprint density at radius 2 is 1.81 bits per heavy atom. The molecule has 0 spiro atoms. The van der Waals surface area contributed by atoms with Gasteiger partial charge in [0.15, 0.2) is 6.17 Å². The Morgan fingerprint density at radius 3 is 2.31 bits per heavy atom. The molecule has 0 radical (unpaired) electrons. The van der Waals surface area contributed by atoms with Crippen LogP contribution in [0, 0.1) is 5.92 Å². The lowest BCUT2D eigenvalue weighted by Gasteiger charge is -2.18. The third-order valence-electron chi connectivity index (χ3n) is 2.93. The molecule has 96 valence electrons. The number of carbonyl (C=O) groups is 1. The van der Waals surface area contributed by atoms with Gasteiger partial charge in [-0.3, -0.25) is 0 Å². The largest absolute Gasteiger partial charge is 0.467 e. The third-order valence-corrected chi connectivity index (χ3v) is 2.93. The number of halogens is 1. The number of carbonyl (C=O) groups excluding carboxylic acids is 1. The van der Waals surface area contributed by atoms with E-state index in [1.165, 1.54) is 20.0 Å². The molecule has 0 fully saturated rings. The second kappa shape index (κ2) is 9.61. The van der Waals surface area contributed by atoms with E-state index in [2.05, 4.69) is 11.7 Å². The van der Waals surface area contributed by atoms with E-state index in [0.29, 0.717) is 0 Å². The molecule has 2 nitrogen and oxygen atoms in total. The first-order chi connectivity index (χ1) is 7.67. The van der Waals surface area contributed by atoms with Crippen LogP contribution in [0.2, 0.25) is 0 Å². The molecule has 0 saturated carbocycles. The van der Waals surface area contributed by atoms with Gasteiger partial charge < -0.3 is 4.74 Å². The fourth-order valence-corrected chi connectivity index (χ4v) is 1.95. The number of esters is 1. The summed E-state index contributed by atoms with van der Waals surface area (Å²) in [6.07, 6.45) is 5.54. The molecule has 0 amide bonds. The van der Waals surface area contributed by atoms with Gasteiger partial charge in [-0.25, -0.2) is 9.18 Å². The predicted octanol–water partition coefficient (Wildman–Crippen LogP) is 3.88. The molecule has 3 heteroatoms. The minimum Gasteiger partial charge on any atom is -0.467 e. The van der Waals surface area contributed by atoms with Gasteiger partial charge in [-0.1, -0.05) is 46.0 Å². The summed E-state index contributed by atoms with van der Waals surface area (Å²) in [5.74, 6) is -0.872. The zero-order valence-electron chi connectivity index (χ0n) is 10.8. The highest BCUT2D eigenvalue weighted by atomic mass is 19.1. The van der Waals surface area contributed by atoms with Crippen LogP contribution in [0.5, 0.6) is 0 Å². The second-order valence-corrected chi connectivity index (χ2v) is 4.32. The Hall–Kier alpha value is -0.600. The zero-order valence-corrected chi connectivity index (χ0v) is 10.8. The van der Waals surface area contributed by atoms with Gasteiger partial charge >= 0.3 is 5.97 Å². The molecule has 2 unspecified atom stereocenters. The molecule has 0 rings (SSSR count). The SMILES string of the molecule is CCCCCCC(CCC)C(F)C(=O)OC. The summed E-state index contributed by atoms with van der Waals surface area (Å²) in [6.45, 7) is 4.17. The second-order valence-electron chi connectivity index (χ2n) is 4.32. The van der Waals surface area contributed by atoms with Crippen LogP contribution in [0.4, 0.5) is 4.39 Å². The van der Waals surface area contributed by atoms with Crippen LogP contribution >= 0.6 is 0 Å².